The van der Waals surface area contributed by atoms with E-state index in [1.54, 1.807) is 6.07 Å². The minimum Gasteiger partial charge on any atom is -0.206 e. The summed E-state index contributed by atoms with van der Waals surface area (Å²) in [6.07, 6.45) is 9.05. The Kier molecular flexibility index (Phi) is 8.08. The van der Waals surface area contributed by atoms with Crippen LogP contribution < -0.4 is 0 Å². The lowest BCUT2D eigenvalue weighted by molar-refractivity contribution is 0.607. The molecule has 0 nitrogen and oxygen atoms in total. The van der Waals surface area contributed by atoms with Gasteiger partial charge >= 0.3 is 0 Å². The highest BCUT2D eigenvalue weighted by Crippen LogP contribution is 2.23. The van der Waals surface area contributed by atoms with Gasteiger partial charge in [0.2, 0.25) is 0 Å². The van der Waals surface area contributed by atoms with Gasteiger partial charge < -0.3 is 0 Å². The van der Waals surface area contributed by atoms with Gasteiger partial charge in [-0.2, -0.15) is 0 Å². The largest absolute Gasteiger partial charge is 0.206 e. The lowest BCUT2D eigenvalue weighted by Gasteiger charge is -2.03. The fourth-order valence-corrected chi connectivity index (χ4v) is 3.45. The molecule has 3 rings (SSSR count). The van der Waals surface area contributed by atoms with Crippen molar-refractivity contribution in [2.24, 2.45) is 0 Å². The van der Waals surface area contributed by atoms with Crippen molar-refractivity contribution in [3.05, 3.63) is 95.3 Å². The van der Waals surface area contributed by atoms with E-state index in [0.29, 0.717) is 11.1 Å². The molecular formula is C28H29F. The van der Waals surface area contributed by atoms with Crippen molar-refractivity contribution in [3.63, 3.8) is 0 Å². The molecule has 148 valence electrons. The Morgan fingerprint density at radius 3 is 2.07 bits per heavy atom. The molecule has 1 heteroatoms. The van der Waals surface area contributed by atoms with E-state index in [9.17, 15) is 4.39 Å². The first-order valence-electron chi connectivity index (χ1n) is 10.7. The average molecular weight is 385 g/mol. The highest BCUT2D eigenvalue weighted by atomic mass is 19.1. The highest BCUT2D eigenvalue weighted by molar-refractivity contribution is 5.65. The molecule has 0 spiro atoms. The molecule has 0 aromatic heterocycles. The summed E-state index contributed by atoms with van der Waals surface area (Å²) in [6, 6.07) is 23.2. The summed E-state index contributed by atoms with van der Waals surface area (Å²) < 4.78 is 14.5. The van der Waals surface area contributed by atoms with Crippen molar-refractivity contribution in [2.45, 2.75) is 51.9 Å². The molecule has 0 bridgehead atoms. The van der Waals surface area contributed by atoms with Crippen molar-refractivity contribution in [2.75, 3.05) is 0 Å². The summed E-state index contributed by atoms with van der Waals surface area (Å²) in [7, 11) is 0. The third kappa shape index (κ3) is 6.61. The van der Waals surface area contributed by atoms with E-state index in [1.807, 2.05) is 36.4 Å². The molecule has 0 unspecified atom stereocenters. The van der Waals surface area contributed by atoms with Gasteiger partial charge in [-0.3, -0.25) is 0 Å². The number of rotatable bonds is 8. The molecule has 0 aliphatic rings. The van der Waals surface area contributed by atoms with Crippen molar-refractivity contribution < 1.29 is 4.39 Å². The van der Waals surface area contributed by atoms with Gasteiger partial charge in [0.25, 0.3) is 0 Å². The minimum absolute atomic E-state index is 0.239. The van der Waals surface area contributed by atoms with Gasteiger partial charge in [0, 0.05) is 16.7 Å². The molecule has 0 fully saturated rings. The first-order valence-corrected chi connectivity index (χ1v) is 10.7. The van der Waals surface area contributed by atoms with E-state index in [2.05, 4.69) is 43.0 Å². The maximum Gasteiger partial charge on any atom is 0.132 e. The number of hydrogen-bond acceptors (Lipinski definition) is 0. The SMILES string of the molecule is CCCCCCCCc1ccc(C#Cc2ccc(-c3ccccc3)c(F)c2)cc1. The zero-order valence-electron chi connectivity index (χ0n) is 17.3. The van der Waals surface area contributed by atoms with Crippen LogP contribution in [0, 0.1) is 17.7 Å². The van der Waals surface area contributed by atoms with Gasteiger partial charge in [-0.25, -0.2) is 4.39 Å². The monoisotopic (exact) mass is 384 g/mol. The zero-order valence-corrected chi connectivity index (χ0v) is 17.3. The molecule has 3 aromatic carbocycles. The van der Waals surface area contributed by atoms with Crippen molar-refractivity contribution in [1.29, 1.82) is 0 Å². The third-order valence-corrected chi connectivity index (χ3v) is 5.18. The fourth-order valence-electron chi connectivity index (χ4n) is 3.45. The van der Waals surface area contributed by atoms with Crippen LogP contribution in [-0.2, 0) is 6.42 Å². The molecule has 0 N–H and O–H groups in total. The van der Waals surface area contributed by atoms with Crippen LogP contribution in [0.2, 0.25) is 0 Å². The van der Waals surface area contributed by atoms with Crippen LogP contribution >= 0.6 is 0 Å². The Bertz CT molecular complexity index is 943. The van der Waals surface area contributed by atoms with Gasteiger partial charge in [0.1, 0.15) is 5.82 Å². The van der Waals surface area contributed by atoms with E-state index in [1.165, 1.54) is 50.2 Å². The first kappa shape index (κ1) is 20.9. The van der Waals surface area contributed by atoms with Crippen LogP contribution in [0.25, 0.3) is 11.1 Å². The Hall–Kier alpha value is -2.85. The summed E-state index contributed by atoms with van der Waals surface area (Å²) in [5.74, 6) is 5.99. The second kappa shape index (κ2) is 11.2. The molecule has 3 aromatic rings. The molecule has 0 aliphatic heterocycles. The molecule has 0 heterocycles. The molecule has 0 atom stereocenters. The number of halogens is 1. The average Bonchev–Trinajstić information content (AvgIpc) is 2.76. The van der Waals surface area contributed by atoms with Crippen LogP contribution in [0.5, 0.6) is 0 Å². The van der Waals surface area contributed by atoms with Crippen LogP contribution in [0.3, 0.4) is 0 Å². The van der Waals surface area contributed by atoms with Crippen LogP contribution in [-0.4, -0.2) is 0 Å². The van der Waals surface area contributed by atoms with Crippen LogP contribution in [0.15, 0.2) is 72.8 Å². The van der Waals surface area contributed by atoms with Gasteiger partial charge in [-0.15, -0.1) is 0 Å². The zero-order chi connectivity index (χ0) is 20.3. The Morgan fingerprint density at radius 2 is 1.34 bits per heavy atom. The first-order chi connectivity index (χ1) is 14.3. The van der Waals surface area contributed by atoms with Gasteiger partial charge in [0.15, 0.2) is 0 Å². The lowest BCUT2D eigenvalue weighted by atomic mass is 10.0. The quantitative estimate of drug-likeness (QED) is 0.274. The minimum atomic E-state index is -0.239. The molecule has 0 saturated carbocycles. The molecule has 29 heavy (non-hydrogen) atoms. The summed E-state index contributed by atoms with van der Waals surface area (Å²) in [5, 5.41) is 0. The number of aryl methyl sites for hydroxylation is 1. The topological polar surface area (TPSA) is 0 Å². The van der Waals surface area contributed by atoms with E-state index in [4.69, 9.17) is 0 Å². The van der Waals surface area contributed by atoms with Gasteiger partial charge in [-0.1, -0.05) is 99.4 Å². The van der Waals surface area contributed by atoms with Crippen molar-refractivity contribution in [1.82, 2.24) is 0 Å². The molecule has 0 saturated heterocycles. The van der Waals surface area contributed by atoms with E-state index < -0.39 is 0 Å². The number of benzene rings is 3. The maximum absolute atomic E-state index is 14.5. The molecular weight excluding hydrogens is 355 g/mol. The second-order valence-corrected chi connectivity index (χ2v) is 7.53. The van der Waals surface area contributed by atoms with E-state index in [0.717, 1.165) is 17.5 Å². The summed E-state index contributed by atoms with van der Waals surface area (Å²) in [6.45, 7) is 2.25. The highest BCUT2D eigenvalue weighted by Gasteiger charge is 2.04. The molecule has 0 amide bonds. The number of unbranched alkanes of at least 4 members (excludes halogenated alkanes) is 5. The third-order valence-electron chi connectivity index (χ3n) is 5.18. The summed E-state index contributed by atoms with van der Waals surface area (Å²) >= 11 is 0. The van der Waals surface area contributed by atoms with Crippen LogP contribution in [0.4, 0.5) is 4.39 Å². The predicted octanol–water partition coefficient (Wildman–Crippen LogP) is 7.80. The predicted molar refractivity (Wildman–Crippen MR) is 121 cm³/mol. The van der Waals surface area contributed by atoms with E-state index in [-0.39, 0.29) is 5.82 Å². The standard InChI is InChI=1S/C28H29F/c1-2-3-4-5-6-8-11-23-14-16-24(17-15-23)18-19-25-20-21-27(28(29)22-25)26-12-9-7-10-13-26/h7,9-10,12-17,20-22H,2-6,8,11H2,1H3. The Labute approximate surface area is 174 Å². The summed E-state index contributed by atoms with van der Waals surface area (Å²) in [5.41, 5.74) is 4.51. The Balaban J connectivity index is 1.56. The fraction of sp³-hybridized carbons (Fsp3) is 0.286. The number of hydrogen-bond donors (Lipinski definition) is 0. The van der Waals surface area contributed by atoms with Crippen molar-refractivity contribution in [3.8, 4) is 23.0 Å². The normalized spacial score (nSPS) is 10.4. The maximum atomic E-state index is 14.5. The van der Waals surface area contributed by atoms with Crippen molar-refractivity contribution >= 4 is 0 Å². The molecule has 0 radical (unpaired) electrons. The van der Waals surface area contributed by atoms with Crippen LogP contribution in [0.1, 0.15) is 62.1 Å². The lowest BCUT2D eigenvalue weighted by Crippen LogP contribution is -1.87. The Morgan fingerprint density at radius 1 is 0.690 bits per heavy atom. The van der Waals surface area contributed by atoms with E-state index >= 15 is 0 Å². The van der Waals surface area contributed by atoms with Gasteiger partial charge in [-0.05, 0) is 48.2 Å². The summed E-state index contributed by atoms with van der Waals surface area (Å²) in [4.78, 5) is 0. The smallest absolute Gasteiger partial charge is 0.132 e. The van der Waals surface area contributed by atoms with Gasteiger partial charge in [0.05, 0.1) is 0 Å². The molecule has 0 aliphatic carbocycles. The second-order valence-electron chi connectivity index (χ2n) is 7.53.